The average Bonchev–Trinajstić information content (AvgIpc) is 1.68. The van der Waals surface area contributed by atoms with Crippen molar-refractivity contribution in [1.82, 2.24) is 0 Å². The summed E-state index contributed by atoms with van der Waals surface area (Å²) in [6.45, 7) is 6.86. The predicted molar refractivity (Wildman–Crippen MR) is 27.4 cm³/mol. The molecule has 0 aliphatic carbocycles. The summed E-state index contributed by atoms with van der Waals surface area (Å²) in [5.74, 6) is -0.470. The van der Waals surface area contributed by atoms with E-state index in [0.29, 0.717) is 6.61 Å². The van der Waals surface area contributed by atoms with E-state index in [-0.39, 0.29) is 35.0 Å². The fourth-order valence-electron chi connectivity index (χ4n) is 0.190. The zero-order valence-electron chi connectivity index (χ0n) is 5.63. The summed E-state index contributed by atoms with van der Waals surface area (Å²) in [5, 5.41) is 0. The van der Waals surface area contributed by atoms with Crippen LogP contribution >= 0.6 is 0 Å². The van der Waals surface area contributed by atoms with Crippen molar-refractivity contribution >= 4 is 5.97 Å². The standard InChI is InChI=1S/C5H7O2.Na.H2O/c1-3-5(6)7-4-2;;/h1,3H,4H2,2H3;;1H2/q-1;+1;/p-1. The molecule has 0 amide bonds. The number of hydrogen-bond donors (Lipinski definition) is 0. The Hall–Kier alpha value is 0.170. The summed E-state index contributed by atoms with van der Waals surface area (Å²) in [5.41, 5.74) is 0. The zero-order valence-corrected chi connectivity index (χ0v) is 7.63. The summed E-state index contributed by atoms with van der Waals surface area (Å²) in [4.78, 5) is 10.0. The molecule has 0 spiro atoms. The minimum absolute atomic E-state index is 0. The first-order valence-corrected chi connectivity index (χ1v) is 2.03. The van der Waals surface area contributed by atoms with Gasteiger partial charge in [0.05, 0.1) is 6.61 Å². The number of rotatable bonds is 2. The van der Waals surface area contributed by atoms with Gasteiger partial charge >= 0.3 is 29.6 Å². The van der Waals surface area contributed by atoms with Gasteiger partial charge in [-0.1, -0.05) is 0 Å². The monoisotopic (exact) mass is 139 g/mol. The van der Waals surface area contributed by atoms with Gasteiger partial charge in [-0.25, -0.2) is 0 Å². The van der Waals surface area contributed by atoms with Crippen LogP contribution in [0.4, 0.5) is 0 Å². The van der Waals surface area contributed by atoms with Crippen LogP contribution in [0.3, 0.4) is 0 Å². The molecule has 0 saturated heterocycles. The Morgan fingerprint density at radius 3 is 2.33 bits per heavy atom. The number of carbonyl (C=O) groups excluding carboxylic acids is 1. The van der Waals surface area contributed by atoms with E-state index in [2.05, 4.69) is 4.74 Å². The van der Waals surface area contributed by atoms with E-state index < -0.39 is 5.97 Å². The molecule has 0 atom stereocenters. The average molecular weight is 139 g/mol. The molecule has 0 rings (SSSR count). The summed E-state index contributed by atoms with van der Waals surface area (Å²) in [7, 11) is 0. The van der Waals surface area contributed by atoms with E-state index in [9.17, 15) is 4.79 Å². The third-order valence-electron chi connectivity index (χ3n) is 0.423. The van der Waals surface area contributed by atoms with Gasteiger partial charge in [0.25, 0.3) is 0 Å². The zero-order chi connectivity index (χ0) is 5.70. The SMILES string of the molecule is [CH-]=CC(=O)OCC.[Na+].[OH-]. The van der Waals surface area contributed by atoms with E-state index in [1.165, 1.54) is 0 Å². The van der Waals surface area contributed by atoms with Crippen molar-refractivity contribution in [2.75, 3.05) is 6.61 Å². The molecule has 0 saturated carbocycles. The minimum atomic E-state index is -0.470. The van der Waals surface area contributed by atoms with Crippen molar-refractivity contribution in [1.29, 1.82) is 0 Å². The van der Waals surface area contributed by atoms with Gasteiger partial charge in [0.15, 0.2) is 5.97 Å². The Morgan fingerprint density at radius 2 is 2.22 bits per heavy atom. The first-order valence-electron chi connectivity index (χ1n) is 2.03. The second-order valence-electron chi connectivity index (χ2n) is 0.919. The van der Waals surface area contributed by atoms with Crippen LogP contribution in [-0.4, -0.2) is 18.1 Å². The minimum Gasteiger partial charge on any atom is -0.870 e. The molecule has 0 aromatic heterocycles. The molecule has 1 N–H and O–H groups in total. The van der Waals surface area contributed by atoms with E-state index in [1.54, 1.807) is 6.92 Å². The summed E-state index contributed by atoms with van der Waals surface area (Å²) < 4.78 is 4.37. The third kappa shape index (κ3) is 11.6. The second-order valence-corrected chi connectivity index (χ2v) is 0.919. The fourth-order valence-corrected chi connectivity index (χ4v) is 0.190. The summed E-state index contributed by atoms with van der Waals surface area (Å²) >= 11 is 0. The molecule has 4 heteroatoms. The molecule has 3 nitrogen and oxygen atoms in total. The first-order chi connectivity index (χ1) is 3.31. The van der Waals surface area contributed by atoms with Crippen molar-refractivity contribution < 1.29 is 44.6 Å². The third-order valence-corrected chi connectivity index (χ3v) is 0.423. The molecule has 0 bridgehead atoms. The van der Waals surface area contributed by atoms with Gasteiger partial charge in [0, 0.05) is 0 Å². The Kier molecular flexibility index (Phi) is 19.7. The largest absolute Gasteiger partial charge is 1.00 e. The van der Waals surface area contributed by atoms with Gasteiger partial charge < -0.3 is 15.0 Å². The van der Waals surface area contributed by atoms with E-state index >= 15 is 0 Å². The van der Waals surface area contributed by atoms with Gasteiger partial charge in [-0.15, -0.1) is 0 Å². The number of esters is 1. The van der Waals surface area contributed by atoms with Crippen LogP contribution in [0.5, 0.6) is 0 Å². The molecule has 0 radical (unpaired) electrons. The Bertz CT molecular complexity index is 82.3. The van der Waals surface area contributed by atoms with Crippen molar-refractivity contribution in [2.45, 2.75) is 6.92 Å². The van der Waals surface area contributed by atoms with E-state index in [1.807, 2.05) is 0 Å². The predicted octanol–water partition coefficient (Wildman–Crippen LogP) is -2.63. The van der Waals surface area contributed by atoms with E-state index in [0.717, 1.165) is 6.08 Å². The number of carbonyl (C=O) groups is 1. The Balaban J connectivity index is -0.000000180. The fraction of sp³-hybridized carbons (Fsp3) is 0.400. The Labute approximate surface area is 76.7 Å². The maximum absolute atomic E-state index is 10.0. The molecule has 0 aromatic rings. The maximum Gasteiger partial charge on any atom is 1.00 e. The smallest absolute Gasteiger partial charge is 0.870 e. The molecular weight excluding hydrogens is 131 g/mol. The molecular formula is C5H8NaO3-. The van der Waals surface area contributed by atoms with Crippen LogP contribution in [0.1, 0.15) is 6.92 Å². The van der Waals surface area contributed by atoms with Crippen LogP contribution in [0.15, 0.2) is 6.08 Å². The molecule has 0 unspecified atom stereocenters. The quantitative estimate of drug-likeness (QED) is 0.182. The summed E-state index contributed by atoms with van der Waals surface area (Å²) in [6, 6.07) is 0. The van der Waals surface area contributed by atoms with Crippen molar-refractivity contribution in [3.8, 4) is 0 Å². The molecule has 0 heterocycles. The number of ether oxygens (including phenoxy) is 1. The molecule has 0 aliphatic rings. The van der Waals surface area contributed by atoms with Crippen LogP contribution < -0.4 is 29.6 Å². The number of hydrogen-bond acceptors (Lipinski definition) is 3. The Morgan fingerprint density at radius 1 is 1.78 bits per heavy atom. The summed E-state index contributed by atoms with van der Waals surface area (Å²) in [6.07, 6.45) is 0.892. The molecule has 0 aliphatic heterocycles. The van der Waals surface area contributed by atoms with E-state index in [4.69, 9.17) is 6.58 Å². The normalized spacial score (nSPS) is 5.89. The maximum atomic E-state index is 10.0. The van der Waals surface area contributed by atoms with Crippen LogP contribution in [0, 0.1) is 6.58 Å². The van der Waals surface area contributed by atoms with Gasteiger partial charge in [0.1, 0.15) is 0 Å². The molecule has 0 fully saturated rings. The van der Waals surface area contributed by atoms with Crippen molar-refractivity contribution in [2.24, 2.45) is 0 Å². The van der Waals surface area contributed by atoms with Gasteiger partial charge in [-0.05, 0) is 6.92 Å². The van der Waals surface area contributed by atoms with Gasteiger partial charge in [0.2, 0.25) is 0 Å². The van der Waals surface area contributed by atoms with Gasteiger partial charge in [-0.2, -0.15) is 6.08 Å². The first kappa shape index (κ1) is 16.1. The molecule has 9 heavy (non-hydrogen) atoms. The molecule has 0 aromatic carbocycles. The topological polar surface area (TPSA) is 56.3 Å². The van der Waals surface area contributed by atoms with Crippen LogP contribution in [-0.2, 0) is 9.53 Å². The second kappa shape index (κ2) is 11.0. The molecule has 48 valence electrons. The van der Waals surface area contributed by atoms with Gasteiger partial charge in [-0.3, -0.25) is 6.58 Å². The van der Waals surface area contributed by atoms with Crippen molar-refractivity contribution in [3.63, 3.8) is 0 Å². The van der Waals surface area contributed by atoms with Crippen molar-refractivity contribution in [3.05, 3.63) is 12.7 Å². The van der Waals surface area contributed by atoms with Crippen LogP contribution in [0.25, 0.3) is 0 Å². The van der Waals surface area contributed by atoms with Crippen LogP contribution in [0.2, 0.25) is 0 Å².